The molecule has 1 aliphatic heterocycles. The minimum atomic E-state index is 0.0486. The quantitative estimate of drug-likeness (QED) is 0.527. The minimum Gasteiger partial charge on any atom is -0.377 e. The average Bonchev–Trinajstić information content (AvgIpc) is 2.37. The normalized spacial score (nSPS) is 30.7. The second-order valence-corrected chi connectivity index (χ2v) is 2.45. The summed E-state index contributed by atoms with van der Waals surface area (Å²) in [7, 11) is 0. The Hall–Kier alpha value is -0.120. The highest BCUT2D eigenvalue weighted by atomic mass is 16.5. The number of ether oxygens (including phenoxy) is 1. The molecule has 0 bridgehead atoms. The van der Waals surface area contributed by atoms with Crippen LogP contribution in [0.5, 0.6) is 0 Å². The molecule has 0 amide bonds. The maximum Gasteiger partial charge on any atom is 0.0739 e. The molecule has 2 unspecified atom stereocenters. The van der Waals surface area contributed by atoms with Crippen molar-refractivity contribution in [3.05, 3.63) is 0 Å². The van der Waals surface area contributed by atoms with Crippen molar-refractivity contribution in [2.45, 2.75) is 25.0 Å². The Kier molecular flexibility index (Phi) is 2.45. The van der Waals surface area contributed by atoms with E-state index in [4.69, 9.17) is 16.2 Å². The molecule has 0 aromatic carbocycles. The summed E-state index contributed by atoms with van der Waals surface area (Å²) in [5, 5.41) is 0. The van der Waals surface area contributed by atoms with Crippen molar-refractivity contribution in [2.75, 3.05) is 13.2 Å². The van der Waals surface area contributed by atoms with Crippen molar-refractivity contribution < 1.29 is 4.74 Å². The fraction of sp³-hybridized carbons (Fsp3) is 1.00. The van der Waals surface area contributed by atoms with Gasteiger partial charge in [0.15, 0.2) is 0 Å². The monoisotopic (exact) mass is 130 g/mol. The average molecular weight is 130 g/mol. The molecule has 0 aliphatic carbocycles. The highest BCUT2D eigenvalue weighted by Gasteiger charge is 2.20. The SMILES string of the molecule is NCC(N)C1CCCO1. The Morgan fingerprint density at radius 1 is 1.67 bits per heavy atom. The Labute approximate surface area is 55.4 Å². The molecule has 0 spiro atoms. The second-order valence-electron chi connectivity index (χ2n) is 2.45. The van der Waals surface area contributed by atoms with Gasteiger partial charge in [0.2, 0.25) is 0 Å². The summed E-state index contributed by atoms with van der Waals surface area (Å²) in [6, 6.07) is 0.0486. The summed E-state index contributed by atoms with van der Waals surface area (Å²) >= 11 is 0. The zero-order chi connectivity index (χ0) is 6.69. The van der Waals surface area contributed by atoms with E-state index in [1.807, 2.05) is 0 Å². The maximum absolute atomic E-state index is 5.63. The zero-order valence-corrected chi connectivity index (χ0v) is 5.55. The lowest BCUT2D eigenvalue weighted by molar-refractivity contribution is 0.0921. The summed E-state index contributed by atoms with van der Waals surface area (Å²) in [5.41, 5.74) is 11.0. The van der Waals surface area contributed by atoms with E-state index < -0.39 is 0 Å². The lowest BCUT2D eigenvalue weighted by Crippen LogP contribution is -2.40. The fourth-order valence-corrected chi connectivity index (χ4v) is 1.09. The van der Waals surface area contributed by atoms with Crippen LogP contribution >= 0.6 is 0 Å². The first-order valence-electron chi connectivity index (χ1n) is 3.42. The van der Waals surface area contributed by atoms with E-state index >= 15 is 0 Å². The van der Waals surface area contributed by atoms with Gasteiger partial charge in [0.25, 0.3) is 0 Å². The van der Waals surface area contributed by atoms with Gasteiger partial charge in [0, 0.05) is 19.2 Å². The maximum atomic E-state index is 5.63. The molecule has 1 rings (SSSR count). The molecular weight excluding hydrogens is 116 g/mol. The van der Waals surface area contributed by atoms with Crippen molar-refractivity contribution in [3.8, 4) is 0 Å². The Morgan fingerprint density at radius 2 is 2.44 bits per heavy atom. The Bertz CT molecular complexity index is 81.1. The minimum absolute atomic E-state index is 0.0486. The van der Waals surface area contributed by atoms with E-state index in [0.29, 0.717) is 6.54 Å². The van der Waals surface area contributed by atoms with Gasteiger partial charge in [-0.2, -0.15) is 0 Å². The van der Waals surface area contributed by atoms with Gasteiger partial charge in [-0.05, 0) is 12.8 Å². The summed E-state index contributed by atoms with van der Waals surface area (Å²) < 4.78 is 5.30. The third kappa shape index (κ3) is 1.64. The van der Waals surface area contributed by atoms with Gasteiger partial charge in [-0.1, -0.05) is 0 Å². The summed E-state index contributed by atoms with van der Waals surface area (Å²) in [6.45, 7) is 1.39. The second kappa shape index (κ2) is 3.15. The number of rotatable bonds is 2. The van der Waals surface area contributed by atoms with Crippen LogP contribution in [0.1, 0.15) is 12.8 Å². The first-order valence-corrected chi connectivity index (χ1v) is 3.42. The molecule has 3 nitrogen and oxygen atoms in total. The predicted molar refractivity (Wildman–Crippen MR) is 36.0 cm³/mol. The largest absolute Gasteiger partial charge is 0.377 e. The molecule has 54 valence electrons. The van der Waals surface area contributed by atoms with Gasteiger partial charge >= 0.3 is 0 Å². The first kappa shape index (κ1) is 6.99. The summed E-state index contributed by atoms with van der Waals surface area (Å²) in [5.74, 6) is 0. The van der Waals surface area contributed by atoms with Crippen molar-refractivity contribution in [1.82, 2.24) is 0 Å². The fourth-order valence-electron chi connectivity index (χ4n) is 1.09. The molecule has 1 aliphatic rings. The molecule has 9 heavy (non-hydrogen) atoms. The van der Waals surface area contributed by atoms with E-state index in [1.54, 1.807) is 0 Å². The van der Waals surface area contributed by atoms with E-state index in [1.165, 1.54) is 0 Å². The van der Waals surface area contributed by atoms with Gasteiger partial charge in [0.1, 0.15) is 0 Å². The topological polar surface area (TPSA) is 61.3 Å². The van der Waals surface area contributed by atoms with Crippen LogP contribution in [0.2, 0.25) is 0 Å². The van der Waals surface area contributed by atoms with Crippen LogP contribution < -0.4 is 11.5 Å². The first-order chi connectivity index (χ1) is 4.34. The van der Waals surface area contributed by atoms with Crippen molar-refractivity contribution in [1.29, 1.82) is 0 Å². The van der Waals surface area contributed by atoms with Gasteiger partial charge < -0.3 is 16.2 Å². The standard InChI is InChI=1S/C6H14N2O/c7-4-5(8)6-2-1-3-9-6/h5-6H,1-4,7-8H2. The van der Waals surface area contributed by atoms with Crippen LogP contribution in [0.3, 0.4) is 0 Å². The van der Waals surface area contributed by atoms with Crippen molar-refractivity contribution in [2.24, 2.45) is 11.5 Å². The van der Waals surface area contributed by atoms with Crippen molar-refractivity contribution >= 4 is 0 Å². The van der Waals surface area contributed by atoms with Gasteiger partial charge in [0.05, 0.1) is 6.10 Å². The molecule has 3 heteroatoms. The van der Waals surface area contributed by atoms with Crippen molar-refractivity contribution in [3.63, 3.8) is 0 Å². The van der Waals surface area contributed by atoms with Crippen LogP contribution in [0.25, 0.3) is 0 Å². The predicted octanol–water partition coefficient (Wildman–Crippen LogP) is -0.549. The molecule has 0 aromatic heterocycles. The van der Waals surface area contributed by atoms with Gasteiger partial charge in [-0.25, -0.2) is 0 Å². The Morgan fingerprint density at radius 3 is 2.89 bits per heavy atom. The molecule has 1 saturated heterocycles. The smallest absolute Gasteiger partial charge is 0.0739 e. The summed E-state index contributed by atoms with van der Waals surface area (Å²) in [4.78, 5) is 0. The Balaban J connectivity index is 2.24. The highest BCUT2D eigenvalue weighted by Crippen LogP contribution is 2.13. The van der Waals surface area contributed by atoms with E-state index in [9.17, 15) is 0 Å². The molecule has 0 aromatic rings. The van der Waals surface area contributed by atoms with Gasteiger partial charge in [-0.3, -0.25) is 0 Å². The third-order valence-electron chi connectivity index (χ3n) is 1.71. The molecule has 1 heterocycles. The molecular formula is C6H14N2O. The van der Waals surface area contributed by atoms with Gasteiger partial charge in [-0.15, -0.1) is 0 Å². The highest BCUT2D eigenvalue weighted by molar-refractivity contribution is 4.77. The molecule has 4 N–H and O–H groups in total. The number of nitrogens with two attached hydrogens (primary N) is 2. The third-order valence-corrected chi connectivity index (χ3v) is 1.71. The van der Waals surface area contributed by atoms with Crippen LogP contribution in [0.4, 0.5) is 0 Å². The van der Waals surface area contributed by atoms with Crippen LogP contribution in [-0.4, -0.2) is 25.3 Å². The van der Waals surface area contributed by atoms with Crippen LogP contribution in [0.15, 0.2) is 0 Å². The number of hydrogen-bond acceptors (Lipinski definition) is 3. The lowest BCUT2D eigenvalue weighted by Gasteiger charge is -2.15. The molecule has 1 fully saturated rings. The van der Waals surface area contributed by atoms with Crippen LogP contribution in [-0.2, 0) is 4.74 Å². The lowest BCUT2D eigenvalue weighted by atomic mass is 10.1. The zero-order valence-electron chi connectivity index (χ0n) is 5.55. The summed E-state index contributed by atoms with van der Waals surface area (Å²) in [6.07, 6.45) is 2.45. The van der Waals surface area contributed by atoms with Crippen LogP contribution in [0, 0.1) is 0 Å². The van der Waals surface area contributed by atoms with E-state index in [0.717, 1.165) is 19.4 Å². The number of hydrogen-bond donors (Lipinski definition) is 2. The molecule has 2 atom stereocenters. The van der Waals surface area contributed by atoms with E-state index in [-0.39, 0.29) is 12.1 Å². The molecule has 0 saturated carbocycles. The van der Waals surface area contributed by atoms with E-state index in [2.05, 4.69) is 0 Å². The molecule has 0 radical (unpaired) electrons.